The van der Waals surface area contributed by atoms with E-state index in [0.29, 0.717) is 44.3 Å². The summed E-state index contributed by atoms with van der Waals surface area (Å²) in [6, 6.07) is 28.9. The van der Waals surface area contributed by atoms with Gasteiger partial charge in [-0.2, -0.15) is 0 Å². The number of esters is 2. The molecule has 1 heterocycles. The number of hydrogen-bond acceptors (Lipinski definition) is 11. The van der Waals surface area contributed by atoms with Crippen LogP contribution in [0.15, 0.2) is 116 Å². The summed E-state index contributed by atoms with van der Waals surface area (Å²) in [6.45, 7) is 14.5. The van der Waals surface area contributed by atoms with Crippen LogP contribution in [0.4, 0.5) is 0 Å². The Hall–Kier alpha value is -5.29. The molecule has 0 N–H and O–H groups in total. The molecule has 0 unspecified atom stereocenters. The highest BCUT2D eigenvalue weighted by Gasteiger charge is 2.72. The number of thiocarbonyl (C=S) groups is 1. The predicted molar refractivity (Wildman–Crippen MR) is 251 cm³/mol. The summed E-state index contributed by atoms with van der Waals surface area (Å²) in [7, 11) is 0. The molecule has 5 aliphatic carbocycles. The SMILES string of the molecule is Cc1oc(=O)oc1COC(=O)[C@]1(C)[C@@H](OC(=S)Oc2ccccc2)CC[C@@]2(C)[C@H]1CC[C@]1(C)[C@@H]2C(=O)C=C2[C@@H]3C[C@@](C)(C(=O)OC(c4ccccc4)c4ccccc4)CC[C@]3(C)CC[C@]21C. The Balaban J connectivity index is 1.03. The number of aryl methyl sites for hydroxylation is 1. The first-order valence-electron chi connectivity index (χ1n) is 23.6. The van der Waals surface area contributed by atoms with Crippen molar-refractivity contribution in [3.8, 4) is 5.75 Å². The van der Waals surface area contributed by atoms with Gasteiger partial charge in [0, 0.05) is 18.1 Å². The van der Waals surface area contributed by atoms with Gasteiger partial charge in [0.1, 0.15) is 17.3 Å². The van der Waals surface area contributed by atoms with E-state index >= 15 is 4.79 Å². The fraction of sp³-hybridized carbons (Fsp3) is 0.509. The minimum absolute atomic E-state index is 0.00291. The largest absolute Gasteiger partial charge is 0.519 e. The molecule has 4 fully saturated rings. The van der Waals surface area contributed by atoms with Crippen molar-refractivity contribution in [2.75, 3.05) is 0 Å². The van der Waals surface area contributed by atoms with Crippen molar-refractivity contribution in [3.63, 3.8) is 0 Å². The highest BCUT2D eigenvalue weighted by atomic mass is 32.1. The van der Waals surface area contributed by atoms with Gasteiger partial charge in [0.05, 0.1) is 5.41 Å². The maximum absolute atomic E-state index is 15.4. The van der Waals surface area contributed by atoms with Gasteiger partial charge in [0.15, 0.2) is 30.0 Å². The summed E-state index contributed by atoms with van der Waals surface area (Å²) in [4.78, 5) is 56.9. The van der Waals surface area contributed by atoms with Crippen LogP contribution >= 0.6 is 12.2 Å². The van der Waals surface area contributed by atoms with Crippen molar-refractivity contribution in [2.24, 2.45) is 50.2 Å². The lowest BCUT2D eigenvalue weighted by Gasteiger charge is -2.70. The summed E-state index contributed by atoms with van der Waals surface area (Å²) in [6.07, 6.45) is 7.08. The Kier molecular flexibility index (Phi) is 11.7. The van der Waals surface area contributed by atoms with Gasteiger partial charge in [0.25, 0.3) is 0 Å². The first-order chi connectivity index (χ1) is 31.3. The molecule has 1 aromatic heterocycles. The van der Waals surface area contributed by atoms with Crippen molar-refractivity contribution >= 4 is 35.2 Å². The van der Waals surface area contributed by atoms with Crippen molar-refractivity contribution in [1.29, 1.82) is 0 Å². The number of hydrogen-bond donors (Lipinski definition) is 0. The van der Waals surface area contributed by atoms with Crippen LogP contribution in [-0.4, -0.2) is 29.1 Å². The molecule has 9 rings (SSSR count). The number of benzene rings is 3. The molecule has 11 heteroatoms. The van der Waals surface area contributed by atoms with Crippen LogP contribution < -0.4 is 10.6 Å². The maximum Gasteiger partial charge on any atom is 0.519 e. The minimum atomic E-state index is -1.28. The topological polar surface area (TPSA) is 131 Å². The summed E-state index contributed by atoms with van der Waals surface area (Å²) in [5.41, 5.74) is -0.570. The molecule has 348 valence electrons. The number of ether oxygens (including phenoxy) is 4. The normalized spacial score (nSPS) is 34.7. The second-order valence-electron chi connectivity index (χ2n) is 21.5. The van der Waals surface area contributed by atoms with Crippen LogP contribution in [0.2, 0.25) is 0 Å². The third-order valence-electron chi connectivity index (χ3n) is 17.9. The number of para-hydroxylation sites is 1. The quantitative estimate of drug-likeness (QED) is 0.117. The number of allylic oxidation sites excluding steroid dienone is 2. The summed E-state index contributed by atoms with van der Waals surface area (Å²) in [5, 5.41) is -0.107. The van der Waals surface area contributed by atoms with Gasteiger partial charge >= 0.3 is 23.0 Å². The summed E-state index contributed by atoms with van der Waals surface area (Å²) >= 11 is 5.65. The minimum Gasteiger partial charge on any atom is -0.457 e. The molecule has 0 saturated heterocycles. The van der Waals surface area contributed by atoms with Gasteiger partial charge in [0.2, 0.25) is 0 Å². The average molecular weight is 915 g/mol. The van der Waals surface area contributed by atoms with Crippen LogP contribution in [-0.2, 0) is 35.2 Å². The molecule has 0 aliphatic heterocycles. The fourth-order valence-electron chi connectivity index (χ4n) is 13.8. The molecular weight excluding hydrogens is 853 g/mol. The van der Waals surface area contributed by atoms with E-state index in [-0.39, 0.29) is 57.8 Å². The van der Waals surface area contributed by atoms with Crippen molar-refractivity contribution < 1.29 is 42.2 Å². The monoisotopic (exact) mass is 914 g/mol. The van der Waals surface area contributed by atoms with Crippen LogP contribution in [0.1, 0.15) is 128 Å². The van der Waals surface area contributed by atoms with Gasteiger partial charge in [-0.1, -0.05) is 112 Å². The lowest BCUT2D eigenvalue weighted by atomic mass is 9.33. The molecule has 3 aromatic carbocycles. The highest BCUT2D eigenvalue weighted by molar-refractivity contribution is 7.79. The zero-order chi connectivity index (χ0) is 46.9. The molecular formula is C55H62O10S. The van der Waals surface area contributed by atoms with Gasteiger partial charge < -0.3 is 27.8 Å². The Labute approximate surface area is 392 Å². The molecule has 0 radical (unpaired) electrons. The van der Waals surface area contributed by atoms with E-state index in [4.69, 9.17) is 40.0 Å². The van der Waals surface area contributed by atoms with Gasteiger partial charge in [-0.25, -0.2) is 4.79 Å². The molecule has 10 atom stereocenters. The number of carbonyl (C=O) groups is 3. The molecule has 0 spiro atoms. The van der Waals surface area contributed by atoms with Gasteiger partial charge in [-0.15, -0.1) is 0 Å². The van der Waals surface area contributed by atoms with E-state index in [1.165, 1.54) is 5.57 Å². The molecule has 10 nitrogen and oxygen atoms in total. The molecule has 0 bridgehead atoms. The molecule has 4 aromatic rings. The fourth-order valence-corrected chi connectivity index (χ4v) is 14.0. The van der Waals surface area contributed by atoms with E-state index < -0.39 is 51.6 Å². The average Bonchev–Trinajstić information content (AvgIpc) is 3.63. The molecule has 0 amide bonds. The van der Waals surface area contributed by atoms with Gasteiger partial charge in [-0.05, 0) is 141 Å². The Morgan fingerprint density at radius 1 is 0.758 bits per heavy atom. The van der Waals surface area contributed by atoms with Gasteiger partial charge in [-0.3, -0.25) is 14.4 Å². The van der Waals surface area contributed by atoms with Crippen molar-refractivity contribution in [3.05, 3.63) is 136 Å². The molecule has 66 heavy (non-hydrogen) atoms. The van der Waals surface area contributed by atoms with Crippen LogP contribution in [0, 0.1) is 57.2 Å². The molecule has 4 saturated carbocycles. The third-order valence-corrected chi connectivity index (χ3v) is 18.1. The number of rotatable bonds is 9. The molecule has 5 aliphatic rings. The lowest BCUT2D eigenvalue weighted by Crippen LogP contribution is -2.68. The Morgan fingerprint density at radius 3 is 2.00 bits per heavy atom. The first kappa shape index (κ1) is 45.8. The second kappa shape index (κ2) is 16.8. The lowest BCUT2D eigenvalue weighted by molar-refractivity contribution is -0.217. The zero-order valence-corrected chi connectivity index (χ0v) is 40.0. The highest BCUT2D eigenvalue weighted by Crippen LogP contribution is 2.75. The summed E-state index contributed by atoms with van der Waals surface area (Å²) < 4.78 is 35.3. The maximum atomic E-state index is 15.4. The Morgan fingerprint density at radius 2 is 1.38 bits per heavy atom. The smallest absolute Gasteiger partial charge is 0.457 e. The van der Waals surface area contributed by atoms with Crippen LogP contribution in [0.5, 0.6) is 5.75 Å². The van der Waals surface area contributed by atoms with Crippen LogP contribution in [0.25, 0.3) is 0 Å². The summed E-state index contributed by atoms with van der Waals surface area (Å²) in [5.74, 6) is -1.42. The first-order valence-corrected chi connectivity index (χ1v) is 24.0. The Bertz CT molecular complexity index is 2560. The standard InChI is InChI=1S/C55H62O10S/c1-34-41(63-48(59)61-34)33-60-47(58)55(7)42-23-26-54(6)45(52(42,4)25-24-43(55)64-49(66)62-37-21-15-10-16-22-37)40(56)31-38-39-32-51(3,28-27-50(39,2)29-30-53(38,54)5)46(57)65-44(35-17-11-8-12-18-35)36-19-13-9-14-20-36/h8-22,31,39,42-45H,23-30,32-33H2,1-7H3/t39-,42+,43-,45+,50+,51-,52-,53+,54+,55-/m0/s1. The van der Waals surface area contributed by atoms with Crippen molar-refractivity contribution in [1.82, 2.24) is 0 Å². The van der Waals surface area contributed by atoms with E-state index in [1.54, 1.807) is 19.1 Å². The zero-order valence-electron chi connectivity index (χ0n) is 39.2. The van der Waals surface area contributed by atoms with E-state index in [2.05, 4.69) is 34.6 Å². The second-order valence-corrected chi connectivity index (χ2v) is 21.8. The number of ketones is 1. The van der Waals surface area contributed by atoms with E-state index in [9.17, 15) is 14.4 Å². The number of carbonyl (C=O) groups excluding carboxylic acids is 3. The van der Waals surface area contributed by atoms with Crippen molar-refractivity contribution in [2.45, 2.75) is 125 Å². The van der Waals surface area contributed by atoms with Crippen LogP contribution in [0.3, 0.4) is 0 Å². The van der Waals surface area contributed by atoms with E-state index in [1.807, 2.05) is 91.9 Å². The third kappa shape index (κ3) is 7.48. The predicted octanol–water partition coefficient (Wildman–Crippen LogP) is 11.6. The number of fused-ring (bicyclic) bond motifs is 7. The van der Waals surface area contributed by atoms with E-state index in [0.717, 1.165) is 30.4 Å².